The predicted octanol–water partition coefficient (Wildman–Crippen LogP) is 3.48. The maximum Gasteiger partial charge on any atom is 0.0501 e. The summed E-state index contributed by atoms with van der Waals surface area (Å²) in [5.41, 5.74) is 1.33. The molecule has 54 valence electrons. The minimum Gasteiger partial charge on any atom is -0.115 e. The molecule has 10 heavy (non-hydrogen) atoms. The molecule has 1 rings (SSSR count). The second-order valence-electron chi connectivity index (χ2n) is 2.07. The molecule has 0 fully saturated rings. The van der Waals surface area contributed by atoms with Gasteiger partial charge in [-0.3, -0.25) is 0 Å². The topological polar surface area (TPSA) is 0 Å². The Hall–Kier alpha value is 0.300. The number of halogens is 1. The molecule has 0 nitrogen and oxygen atoms in total. The smallest absolute Gasteiger partial charge is 0.0501 e. The van der Waals surface area contributed by atoms with Crippen molar-refractivity contribution in [2.75, 3.05) is 3.76 Å². The number of thioether (sulfide) groups is 1. The Morgan fingerprint density at radius 3 is 2.40 bits per heavy atom. The molecule has 0 aliphatic carbocycles. The first-order valence-electron chi connectivity index (χ1n) is 3.08. The van der Waals surface area contributed by atoms with Gasteiger partial charge in [-0.2, -0.15) is 0 Å². The Labute approximate surface area is 79.5 Å². The number of hydrogen-bond acceptors (Lipinski definition) is 1. The van der Waals surface area contributed by atoms with Crippen LogP contribution < -0.4 is 0 Å². The van der Waals surface area contributed by atoms with Crippen LogP contribution >= 0.6 is 34.4 Å². The Balaban J connectivity index is 2.69. The molecule has 0 radical (unpaired) electrons. The third-order valence-electron chi connectivity index (χ3n) is 1.24. The van der Waals surface area contributed by atoms with Gasteiger partial charge in [0.15, 0.2) is 0 Å². The van der Waals surface area contributed by atoms with Crippen LogP contribution in [-0.4, -0.2) is 3.76 Å². The van der Waals surface area contributed by atoms with Gasteiger partial charge in [-0.15, -0.1) is 11.8 Å². The fraction of sp³-hybridized carbons (Fsp3) is 0.250. The monoisotopic (exact) mass is 264 g/mol. The highest BCUT2D eigenvalue weighted by Gasteiger charge is 1.89. The Bertz CT molecular complexity index is 193. The molecule has 0 spiro atoms. The third kappa shape index (κ3) is 2.50. The summed E-state index contributed by atoms with van der Waals surface area (Å²) in [6.07, 6.45) is 0. The van der Waals surface area contributed by atoms with Crippen LogP contribution in [0.3, 0.4) is 0 Å². The summed E-state index contributed by atoms with van der Waals surface area (Å²) in [4.78, 5) is 1.36. The standard InChI is InChI=1S/C8H9IS/c1-7-2-4-8(5-3-7)10-6-9/h2-5H,6H2,1H3. The van der Waals surface area contributed by atoms with E-state index in [9.17, 15) is 0 Å². The summed E-state index contributed by atoms with van der Waals surface area (Å²) < 4.78 is 1.13. The van der Waals surface area contributed by atoms with Gasteiger partial charge in [-0.25, -0.2) is 0 Å². The lowest BCUT2D eigenvalue weighted by Crippen LogP contribution is -1.71. The fourth-order valence-electron chi connectivity index (χ4n) is 0.697. The lowest BCUT2D eigenvalue weighted by molar-refractivity contribution is 1.38. The van der Waals surface area contributed by atoms with Crippen molar-refractivity contribution in [2.45, 2.75) is 11.8 Å². The summed E-state index contributed by atoms with van der Waals surface area (Å²) in [6, 6.07) is 8.63. The molecule has 0 unspecified atom stereocenters. The van der Waals surface area contributed by atoms with Gasteiger partial charge in [0.1, 0.15) is 0 Å². The van der Waals surface area contributed by atoms with Crippen molar-refractivity contribution in [3.05, 3.63) is 29.8 Å². The van der Waals surface area contributed by atoms with E-state index in [1.807, 2.05) is 11.8 Å². The molecule has 0 N–H and O–H groups in total. The van der Waals surface area contributed by atoms with Crippen molar-refractivity contribution in [3.8, 4) is 0 Å². The molecule has 0 amide bonds. The average molecular weight is 264 g/mol. The first kappa shape index (κ1) is 8.40. The lowest BCUT2D eigenvalue weighted by atomic mass is 10.2. The van der Waals surface area contributed by atoms with E-state index in [2.05, 4.69) is 53.8 Å². The normalized spacial score (nSPS) is 9.80. The van der Waals surface area contributed by atoms with Crippen molar-refractivity contribution < 1.29 is 0 Å². The zero-order valence-corrected chi connectivity index (χ0v) is 8.78. The largest absolute Gasteiger partial charge is 0.115 e. The summed E-state index contributed by atoms with van der Waals surface area (Å²) >= 11 is 4.23. The van der Waals surface area contributed by atoms with E-state index in [1.54, 1.807) is 0 Å². The second-order valence-corrected chi connectivity index (χ2v) is 4.91. The van der Waals surface area contributed by atoms with Crippen LogP contribution in [0.5, 0.6) is 0 Å². The maximum atomic E-state index is 2.36. The summed E-state index contributed by atoms with van der Waals surface area (Å²) in [7, 11) is 0. The zero-order chi connectivity index (χ0) is 7.40. The van der Waals surface area contributed by atoms with Crippen LogP contribution in [0.1, 0.15) is 5.56 Å². The molecule has 0 saturated carbocycles. The fourth-order valence-corrected chi connectivity index (χ4v) is 2.23. The van der Waals surface area contributed by atoms with Crippen LogP contribution in [-0.2, 0) is 0 Å². The van der Waals surface area contributed by atoms with E-state index in [1.165, 1.54) is 10.5 Å². The highest BCUT2D eigenvalue weighted by molar-refractivity contribution is 14.1. The number of benzene rings is 1. The van der Waals surface area contributed by atoms with Crippen molar-refractivity contribution >= 4 is 34.4 Å². The number of rotatable bonds is 2. The van der Waals surface area contributed by atoms with Crippen LogP contribution in [0.15, 0.2) is 29.2 Å². The number of aryl methyl sites for hydroxylation is 1. The van der Waals surface area contributed by atoms with Crippen LogP contribution in [0.25, 0.3) is 0 Å². The van der Waals surface area contributed by atoms with Crippen LogP contribution in [0.4, 0.5) is 0 Å². The number of hydrogen-bond donors (Lipinski definition) is 0. The van der Waals surface area contributed by atoms with Crippen molar-refractivity contribution in [3.63, 3.8) is 0 Å². The maximum absolute atomic E-state index is 2.36. The van der Waals surface area contributed by atoms with Gasteiger partial charge in [0.2, 0.25) is 0 Å². The van der Waals surface area contributed by atoms with Crippen molar-refractivity contribution in [1.82, 2.24) is 0 Å². The van der Waals surface area contributed by atoms with E-state index in [4.69, 9.17) is 0 Å². The summed E-state index contributed by atoms with van der Waals surface area (Å²) in [5, 5.41) is 0. The molecule has 0 aliphatic heterocycles. The predicted molar refractivity (Wildman–Crippen MR) is 55.9 cm³/mol. The van der Waals surface area contributed by atoms with Gasteiger partial charge in [0.05, 0.1) is 3.76 Å². The van der Waals surface area contributed by atoms with Crippen LogP contribution in [0.2, 0.25) is 0 Å². The van der Waals surface area contributed by atoms with Crippen molar-refractivity contribution in [1.29, 1.82) is 0 Å². The second kappa shape index (κ2) is 4.23. The van der Waals surface area contributed by atoms with Gasteiger partial charge in [-0.1, -0.05) is 40.3 Å². The highest BCUT2D eigenvalue weighted by atomic mass is 127. The molecule has 0 heterocycles. The molecule has 1 aromatic carbocycles. The van der Waals surface area contributed by atoms with E-state index in [0.29, 0.717) is 0 Å². The summed E-state index contributed by atoms with van der Waals surface area (Å²) in [6.45, 7) is 2.11. The van der Waals surface area contributed by atoms with E-state index < -0.39 is 0 Å². The first-order chi connectivity index (χ1) is 4.83. The van der Waals surface area contributed by atoms with E-state index in [0.717, 1.165) is 3.76 Å². The molecular weight excluding hydrogens is 255 g/mol. The van der Waals surface area contributed by atoms with Crippen molar-refractivity contribution in [2.24, 2.45) is 0 Å². The van der Waals surface area contributed by atoms with Gasteiger partial charge in [0, 0.05) is 4.90 Å². The molecule has 0 aliphatic rings. The molecule has 0 aromatic heterocycles. The molecule has 0 atom stereocenters. The van der Waals surface area contributed by atoms with Gasteiger partial charge >= 0.3 is 0 Å². The first-order valence-corrected chi connectivity index (χ1v) is 5.59. The third-order valence-corrected chi connectivity index (χ3v) is 2.89. The SMILES string of the molecule is Cc1ccc(SCI)cc1. The van der Waals surface area contributed by atoms with E-state index >= 15 is 0 Å². The molecular formula is C8H9IS. The average Bonchev–Trinajstić information content (AvgIpc) is 1.95. The summed E-state index contributed by atoms with van der Waals surface area (Å²) in [5.74, 6) is 0. The molecule has 1 aromatic rings. The lowest BCUT2D eigenvalue weighted by Gasteiger charge is -1.96. The van der Waals surface area contributed by atoms with Crippen LogP contribution in [0, 0.1) is 6.92 Å². The minimum absolute atomic E-state index is 1.13. The van der Waals surface area contributed by atoms with Gasteiger partial charge in [0.25, 0.3) is 0 Å². The Kier molecular flexibility index (Phi) is 3.56. The Morgan fingerprint density at radius 1 is 1.30 bits per heavy atom. The molecule has 0 saturated heterocycles. The van der Waals surface area contributed by atoms with E-state index in [-0.39, 0.29) is 0 Å². The zero-order valence-electron chi connectivity index (χ0n) is 5.80. The number of alkyl halides is 1. The highest BCUT2D eigenvalue weighted by Crippen LogP contribution is 2.19. The van der Waals surface area contributed by atoms with Gasteiger partial charge < -0.3 is 0 Å². The quantitative estimate of drug-likeness (QED) is 0.447. The Morgan fingerprint density at radius 2 is 1.90 bits per heavy atom. The molecule has 2 heteroatoms. The molecule has 0 bridgehead atoms. The van der Waals surface area contributed by atoms with Gasteiger partial charge in [-0.05, 0) is 19.1 Å². The minimum atomic E-state index is 1.13.